The van der Waals surface area contributed by atoms with Gasteiger partial charge < -0.3 is 14.9 Å². The third-order valence-electron chi connectivity index (χ3n) is 3.21. The second-order valence-corrected chi connectivity index (χ2v) is 5.45. The number of rotatable bonds is 2. The summed E-state index contributed by atoms with van der Waals surface area (Å²) in [7, 11) is 0. The summed E-state index contributed by atoms with van der Waals surface area (Å²) in [5, 5.41) is 18.9. The molecule has 1 unspecified atom stereocenters. The topological polar surface area (TPSA) is 49.7 Å². The van der Waals surface area contributed by atoms with Crippen molar-refractivity contribution in [1.29, 1.82) is 0 Å². The van der Waals surface area contributed by atoms with E-state index in [0.29, 0.717) is 5.75 Å². The third kappa shape index (κ3) is 2.34. The van der Waals surface area contributed by atoms with Crippen molar-refractivity contribution in [2.45, 2.75) is 5.44 Å². The van der Waals surface area contributed by atoms with Gasteiger partial charge in [-0.25, -0.2) is 0 Å². The monoisotopic (exact) mass is 286 g/mol. The SMILES string of the molecule is CSC1Oc2cc(O)ccc2C=C1c1ccc(O)cc1. The van der Waals surface area contributed by atoms with Crippen LogP contribution in [0.4, 0.5) is 0 Å². The summed E-state index contributed by atoms with van der Waals surface area (Å²) >= 11 is 1.59. The van der Waals surface area contributed by atoms with Gasteiger partial charge in [0.2, 0.25) is 0 Å². The largest absolute Gasteiger partial charge is 0.508 e. The van der Waals surface area contributed by atoms with Gasteiger partial charge in [-0.1, -0.05) is 12.1 Å². The smallest absolute Gasteiger partial charge is 0.170 e. The molecule has 0 saturated heterocycles. The Balaban J connectivity index is 2.07. The minimum Gasteiger partial charge on any atom is -0.508 e. The van der Waals surface area contributed by atoms with Crippen LogP contribution in [0.15, 0.2) is 42.5 Å². The predicted octanol–water partition coefficient (Wildman–Crippen LogP) is 3.72. The Morgan fingerprint density at radius 2 is 1.70 bits per heavy atom. The van der Waals surface area contributed by atoms with Crippen LogP contribution < -0.4 is 4.74 Å². The van der Waals surface area contributed by atoms with Crippen molar-refractivity contribution in [3.63, 3.8) is 0 Å². The van der Waals surface area contributed by atoms with Gasteiger partial charge in [0.05, 0.1) is 0 Å². The number of hydrogen-bond acceptors (Lipinski definition) is 4. The highest BCUT2D eigenvalue weighted by Crippen LogP contribution is 2.39. The molecule has 20 heavy (non-hydrogen) atoms. The molecule has 4 heteroatoms. The third-order valence-corrected chi connectivity index (χ3v) is 3.99. The van der Waals surface area contributed by atoms with Crippen molar-refractivity contribution in [2.75, 3.05) is 6.26 Å². The highest BCUT2D eigenvalue weighted by atomic mass is 32.2. The molecule has 3 nitrogen and oxygen atoms in total. The minimum atomic E-state index is -0.131. The molecule has 3 rings (SSSR count). The number of benzene rings is 2. The predicted molar refractivity (Wildman–Crippen MR) is 82.0 cm³/mol. The fraction of sp³-hybridized carbons (Fsp3) is 0.125. The van der Waals surface area contributed by atoms with Crippen LogP contribution in [0.25, 0.3) is 11.6 Å². The van der Waals surface area contributed by atoms with Crippen LogP contribution in [0.5, 0.6) is 17.2 Å². The van der Waals surface area contributed by atoms with Gasteiger partial charge in [-0.15, -0.1) is 11.8 Å². The van der Waals surface area contributed by atoms with Gasteiger partial charge in [0.25, 0.3) is 0 Å². The number of hydrogen-bond donors (Lipinski definition) is 2. The second-order valence-electron chi connectivity index (χ2n) is 4.55. The van der Waals surface area contributed by atoms with Crippen molar-refractivity contribution in [3.05, 3.63) is 53.6 Å². The highest BCUT2D eigenvalue weighted by molar-refractivity contribution is 7.99. The van der Waals surface area contributed by atoms with Gasteiger partial charge in [-0.2, -0.15) is 0 Å². The lowest BCUT2D eigenvalue weighted by Crippen LogP contribution is -2.17. The molecule has 102 valence electrons. The summed E-state index contributed by atoms with van der Waals surface area (Å²) < 4.78 is 5.93. The minimum absolute atomic E-state index is 0.131. The zero-order valence-corrected chi connectivity index (χ0v) is 11.7. The molecule has 0 radical (unpaired) electrons. The van der Waals surface area contributed by atoms with Gasteiger partial charge in [-0.05, 0) is 42.2 Å². The number of phenolic OH excluding ortho intramolecular Hbond substituents is 2. The summed E-state index contributed by atoms with van der Waals surface area (Å²) in [4.78, 5) is 0. The molecule has 0 spiro atoms. The lowest BCUT2D eigenvalue weighted by molar-refractivity contribution is 0.334. The normalized spacial score (nSPS) is 17.1. The van der Waals surface area contributed by atoms with E-state index in [1.54, 1.807) is 36.0 Å². The van der Waals surface area contributed by atoms with Crippen molar-refractivity contribution in [2.24, 2.45) is 0 Å². The molecule has 1 aliphatic rings. The van der Waals surface area contributed by atoms with Gasteiger partial charge >= 0.3 is 0 Å². The molecule has 0 saturated carbocycles. The van der Waals surface area contributed by atoms with Gasteiger partial charge in [-0.3, -0.25) is 0 Å². The molecule has 2 N–H and O–H groups in total. The van der Waals surface area contributed by atoms with E-state index in [-0.39, 0.29) is 16.9 Å². The fourth-order valence-corrected chi connectivity index (χ4v) is 2.87. The molecular weight excluding hydrogens is 272 g/mol. The number of ether oxygens (including phenoxy) is 1. The zero-order valence-electron chi connectivity index (χ0n) is 10.9. The van der Waals surface area contributed by atoms with Gasteiger partial charge in [0.15, 0.2) is 5.44 Å². The van der Waals surface area contributed by atoms with Gasteiger partial charge in [0, 0.05) is 17.2 Å². The Morgan fingerprint density at radius 3 is 2.40 bits per heavy atom. The maximum absolute atomic E-state index is 9.53. The summed E-state index contributed by atoms with van der Waals surface area (Å²) in [6.07, 6.45) is 4.04. The van der Waals surface area contributed by atoms with Gasteiger partial charge in [0.1, 0.15) is 17.2 Å². The Hall–Kier alpha value is -2.07. The average molecular weight is 286 g/mol. The summed E-state index contributed by atoms with van der Waals surface area (Å²) in [5.41, 5.74) is 2.88. The van der Waals surface area contributed by atoms with Crippen molar-refractivity contribution in [1.82, 2.24) is 0 Å². The van der Waals surface area contributed by atoms with E-state index in [0.717, 1.165) is 16.7 Å². The Kier molecular flexibility index (Phi) is 3.32. The first-order valence-electron chi connectivity index (χ1n) is 6.21. The summed E-state index contributed by atoms with van der Waals surface area (Å²) in [6, 6.07) is 12.2. The van der Waals surface area contributed by atoms with Crippen LogP contribution in [0, 0.1) is 0 Å². The molecule has 0 bridgehead atoms. The van der Waals surface area contributed by atoms with E-state index in [4.69, 9.17) is 4.74 Å². The fourth-order valence-electron chi connectivity index (χ4n) is 2.21. The van der Waals surface area contributed by atoms with Crippen LogP contribution in [0.1, 0.15) is 11.1 Å². The van der Waals surface area contributed by atoms with Crippen molar-refractivity contribution in [3.8, 4) is 17.2 Å². The molecule has 1 atom stereocenters. The van der Waals surface area contributed by atoms with E-state index < -0.39 is 0 Å². The Morgan fingerprint density at radius 1 is 1.00 bits per heavy atom. The number of aromatic hydroxyl groups is 2. The maximum atomic E-state index is 9.53. The summed E-state index contributed by atoms with van der Waals surface area (Å²) in [6.45, 7) is 0. The molecule has 0 amide bonds. The Labute approximate surface area is 121 Å². The Bertz CT molecular complexity index is 662. The number of thioether (sulfide) groups is 1. The average Bonchev–Trinajstić information content (AvgIpc) is 2.46. The molecule has 0 fully saturated rings. The highest BCUT2D eigenvalue weighted by Gasteiger charge is 2.23. The van der Waals surface area contributed by atoms with Crippen LogP contribution in [0.3, 0.4) is 0 Å². The molecule has 1 aliphatic heterocycles. The molecular formula is C16H14O3S. The first-order chi connectivity index (χ1) is 9.67. The van der Waals surface area contributed by atoms with Crippen molar-refractivity contribution < 1.29 is 14.9 Å². The second kappa shape index (κ2) is 5.13. The quantitative estimate of drug-likeness (QED) is 0.883. The molecule has 0 aromatic heterocycles. The first kappa shape index (κ1) is 12.9. The molecule has 2 aromatic rings. The zero-order chi connectivity index (χ0) is 14.1. The molecule has 0 aliphatic carbocycles. The van der Waals surface area contributed by atoms with E-state index in [1.807, 2.05) is 24.5 Å². The lowest BCUT2D eigenvalue weighted by atomic mass is 10.0. The first-order valence-corrected chi connectivity index (χ1v) is 7.49. The van der Waals surface area contributed by atoms with Crippen LogP contribution >= 0.6 is 11.8 Å². The maximum Gasteiger partial charge on any atom is 0.170 e. The molecule has 1 heterocycles. The standard InChI is InChI=1S/C16H14O3S/c1-20-16-14(10-2-5-12(17)6-3-10)8-11-4-7-13(18)9-15(11)19-16/h2-9,16-18H,1H3. The number of fused-ring (bicyclic) bond motifs is 1. The van der Waals surface area contributed by atoms with E-state index in [9.17, 15) is 10.2 Å². The summed E-state index contributed by atoms with van der Waals surface area (Å²) in [5.74, 6) is 1.13. The van der Waals surface area contributed by atoms with E-state index in [2.05, 4.69) is 6.08 Å². The van der Waals surface area contributed by atoms with Crippen LogP contribution in [-0.4, -0.2) is 21.9 Å². The van der Waals surface area contributed by atoms with Crippen molar-refractivity contribution >= 4 is 23.4 Å². The van der Waals surface area contributed by atoms with Crippen LogP contribution in [0.2, 0.25) is 0 Å². The number of phenols is 2. The van der Waals surface area contributed by atoms with Crippen LogP contribution in [-0.2, 0) is 0 Å². The van der Waals surface area contributed by atoms with E-state index >= 15 is 0 Å². The van der Waals surface area contributed by atoms with E-state index in [1.165, 1.54) is 0 Å². The molecule has 2 aromatic carbocycles. The lowest BCUT2D eigenvalue weighted by Gasteiger charge is -2.26.